The van der Waals surface area contributed by atoms with Crippen LogP contribution in [0.3, 0.4) is 0 Å². The van der Waals surface area contributed by atoms with Crippen LogP contribution in [-0.4, -0.2) is 34.6 Å². The molecule has 16 heavy (non-hydrogen) atoms. The molecule has 0 aromatic carbocycles. The van der Waals surface area contributed by atoms with Gasteiger partial charge in [0.1, 0.15) is 10.2 Å². The number of hydrogen-bond donors (Lipinski definition) is 1. The maximum Gasteiger partial charge on any atom is 0.123 e. The topological polar surface area (TPSA) is 36.4 Å². The van der Waals surface area contributed by atoms with E-state index in [0.29, 0.717) is 0 Å². The lowest BCUT2D eigenvalue weighted by Crippen LogP contribution is -2.28. The van der Waals surface area contributed by atoms with Gasteiger partial charge >= 0.3 is 0 Å². The summed E-state index contributed by atoms with van der Waals surface area (Å²) in [6.07, 6.45) is 2.70. The molecule has 1 fully saturated rings. The highest BCUT2D eigenvalue weighted by molar-refractivity contribution is 9.10. The van der Waals surface area contributed by atoms with Crippen molar-refractivity contribution in [1.29, 1.82) is 0 Å². The number of aliphatic hydroxyl groups is 1. The quantitative estimate of drug-likeness (QED) is 0.912. The molecule has 2 rings (SSSR count). The zero-order valence-electron chi connectivity index (χ0n) is 9.45. The van der Waals surface area contributed by atoms with Crippen LogP contribution in [0.4, 0.5) is 0 Å². The Morgan fingerprint density at radius 3 is 3.00 bits per heavy atom. The molecule has 1 aliphatic heterocycles. The Kier molecular flexibility index (Phi) is 4.00. The standard InChI is InChI=1S/C11H17BrN2OS/c1-2-14-6-3-4-11(15,5-7-14)9-10(12)13-8-16-9/h8,15H,2-7H2,1H3. The van der Waals surface area contributed by atoms with E-state index in [9.17, 15) is 5.11 Å². The van der Waals surface area contributed by atoms with Crippen molar-refractivity contribution in [2.24, 2.45) is 0 Å². The zero-order valence-corrected chi connectivity index (χ0v) is 11.9. The molecular formula is C11H17BrN2OS. The van der Waals surface area contributed by atoms with E-state index in [-0.39, 0.29) is 0 Å². The Morgan fingerprint density at radius 2 is 2.38 bits per heavy atom. The van der Waals surface area contributed by atoms with Gasteiger partial charge in [-0.15, -0.1) is 11.3 Å². The average molecular weight is 305 g/mol. The molecular weight excluding hydrogens is 288 g/mol. The number of halogens is 1. The minimum atomic E-state index is -0.677. The van der Waals surface area contributed by atoms with Crippen LogP contribution in [0.25, 0.3) is 0 Å². The summed E-state index contributed by atoms with van der Waals surface area (Å²) in [7, 11) is 0. The largest absolute Gasteiger partial charge is 0.384 e. The molecule has 1 aliphatic rings. The molecule has 0 aliphatic carbocycles. The predicted molar refractivity (Wildman–Crippen MR) is 69.7 cm³/mol. The Labute approximate surface area is 109 Å². The molecule has 1 N–H and O–H groups in total. The first-order chi connectivity index (χ1) is 7.65. The second kappa shape index (κ2) is 5.12. The van der Waals surface area contributed by atoms with Crippen LogP contribution in [0.5, 0.6) is 0 Å². The van der Waals surface area contributed by atoms with E-state index >= 15 is 0 Å². The first-order valence-electron chi connectivity index (χ1n) is 5.70. The molecule has 1 saturated heterocycles. The van der Waals surface area contributed by atoms with Crippen molar-refractivity contribution in [3.05, 3.63) is 15.0 Å². The van der Waals surface area contributed by atoms with E-state index in [1.165, 1.54) is 0 Å². The minimum Gasteiger partial charge on any atom is -0.384 e. The molecule has 1 aromatic rings. The predicted octanol–water partition coefficient (Wildman–Crippen LogP) is 2.60. The molecule has 0 bridgehead atoms. The zero-order chi connectivity index (χ0) is 11.6. The molecule has 0 radical (unpaired) electrons. The Morgan fingerprint density at radius 1 is 1.56 bits per heavy atom. The van der Waals surface area contributed by atoms with Crippen LogP contribution in [0, 0.1) is 0 Å². The second-order valence-electron chi connectivity index (χ2n) is 4.29. The van der Waals surface area contributed by atoms with Gasteiger partial charge in [-0.1, -0.05) is 6.92 Å². The van der Waals surface area contributed by atoms with Crippen LogP contribution < -0.4 is 0 Å². The van der Waals surface area contributed by atoms with Crippen molar-refractivity contribution in [1.82, 2.24) is 9.88 Å². The molecule has 1 atom stereocenters. The molecule has 3 nitrogen and oxygen atoms in total. The van der Waals surface area contributed by atoms with Gasteiger partial charge < -0.3 is 10.0 Å². The number of likely N-dealkylation sites (tertiary alicyclic amines) is 1. The molecule has 2 heterocycles. The smallest absolute Gasteiger partial charge is 0.123 e. The summed E-state index contributed by atoms with van der Waals surface area (Å²) in [5.74, 6) is 0. The SMILES string of the molecule is CCN1CCCC(O)(c2scnc2Br)CC1. The first kappa shape index (κ1) is 12.5. The highest BCUT2D eigenvalue weighted by atomic mass is 79.9. The highest BCUT2D eigenvalue weighted by Gasteiger charge is 2.34. The first-order valence-corrected chi connectivity index (χ1v) is 7.37. The number of nitrogens with zero attached hydrogens (tertiary/aromatic N) is 2. The fraction of sp³-hybridized carbons (Fsp3) is 0.727. The fourth-order valence-corrected chi connectivity index (χ4v) is 3.98. The normalized spacial score (nSPS) is 27.9. The average Bonchev–Trinajstić information content (AvgIpc) is 2.60. The van der Waals surface area contributed by atoms with Crippen molar-refractivity contribution in [3.63, 3.8) is 0 Å². The van der Waals surface area contributed by atoms with Gasteiger partial charge in [0, 0.05) is 6.54 Å². The van der Waals surface area contributed by atoms with E-state index in [0.717, 1.165) is 48.4 Å². The van der Waals surface area contributed by atoms with Crippen molar-refractivity contribution in [3.8, 4) is 0 Å². The van der Waals surface area contributed by atoms with E-state index < -0.39 is 5.60 Å². The third kappa shape index (κ3) is 2.47. The summed E-state index contributed by atoms with van der Waals surface area (Å²) in [6.45, 7) is 5.31. The van der Waals surface area contributed by atoms with Gasteiger partial charge in [0.05, 0.1) is 10.4 Å². The van der Waals surface area contributed by atoms with Gasteiger partial charge in [0.25, 0.3) is 0 Å². The van der Waals surface area contributed by atoms with Gasteiger partial charge in [0.15, 0.2) is 0 Å². The lowest BCUT2D eigenvalue weighted by molar-refractivity contribution is 0.0241. The number of aromatic nitrogens is 1. The van der Waals surface area contributed by atoms with Gasteiger partial charge in [-0.25, -0.2) is 4.98 Å². The molecule has 90 valence electrons. The van der Waals surface area contributed by atoms with E-state index in [1.54, 1.807) is 16.8 Å². The number of rotatable bonds is 2. The number of thiazole rings is 1. The maximum atomic E-state index is 10.7. The summed E-state index contributed by atoms with van der Waals surface area (Å²) in [5.41, 5.74) is 1.11. The Bertz CT molecular complexity index is 358. The monoisotopic (exact) mass is 304 g/mol. The third-order valence-electron chi connectivity index (χ3n) is 3.30. The van der Waals surface area contributed by atoms with Gasteiger partial charge in [-0.3, -0.25) is 0 Å². The minimum absolute atomic E-state index is 0.677. The maximum absolute atomic E-state index is 10.7. The molecule has 0 saturated carbocycles. The molecule has 0 amide bonds. The molecule has 5 heteroatoms. The fourth-order valence-electron chi connectivity index (χ4n) is 2.25. The van der Waals surface area contributed by atoms with Gasteiger partial charge in [-0.2, -0.15) is 0 Å². The number of hydrogen-bond acceptors (Lipinski definition) is 4. The van der Waals surface area contributed by atoms with Crippen LogP contribution in [-0.2, 0) is 5.60 Å². The Hall–Kier alpha value is 0.0300. The second-order valence-corrected chi connectivity index (χ2v) is 5.90. The van der Waals surface area contributed by atoms with Crippen LogP contribution >= 0.6 is 27.3 Å². The summed E-state index contributed by atoms with van der Waals surface area (Å²) < 4.78 is 0.810. The van der Waals surface area contributed by atoms with Gasteiger partial charge in [-0.05, 0) is 48.3 Å². The Balaban J connectivity index is 2.16. The highest BCUT2D eigenvalue weighted by Crippen LogP contribution is 2.38. The van der Waals surface area contributed by atoms with Crippen LogP contribution in [0.1, 0.15) is 31.1 Å². The summed E-state index contributed by atoms with van der Waals surface area (Å²) >= 11 is 4.97. The summed E-state index contributed by atoms with van der Waals surface area (Å²) in [4.78, 5) is 7.56. The van der Waals surface area contributed by atoms with Crippen molar-refractivity contribution in [2.45, 2.75) is 31.8 Å². The van der Waals surface area contributed by atoms with Crippen molar-refractivity contribution < 1.29 is 5.11 Å². The van der Waals surface area contributed by atoms with Gasteiger partial charge in [0.2, 0.25) is 0 Å². The molecule has 1 aromatic heterocycles. The van der Waals surface area contributed by atoms with Crippen LogP contribution in [0.15, 0.2) is 10.1 Å². The van der Waals surface area contributed by atoms with E-state index in [2.05, 4.69) is 32.7 Å². The van der Waals surface area contributed by atoms with Crippen molar-refractivity contribution >= 4 is 27.3 Å². The molecule has 1 unspecified atom stereocenters. The van der Waals surface area contributed by atoms with Crippen LogP contribution in [0.2, 0.25) is 0 Å². The lowest BCUT2D eigenvalue weighted by Gasteiger charge is -2.25. The lowest BCUT2D eigenvalue weighted by atomic mass is 9.94. The summed E-state index contributed by atoms with van der Waals surface area (Å²) in [5, 5.41) is 10.7. The van der Waals surface area contributed by atoms with E-state index in [1.807, 2.05) is 0 Å². The van der Waals surface area contributed by atoms with Crippen molar-refractivity contribution in [2.75, 3.05) is 19.6 Å². The van der Waals surface area contributed by atoms with E-state index in [4.69, 9.17) is 0 Å². The molecule has 0 spiro atoms. The third-order valence-corrected chi connectivity index (χ3v) is 5.18. The summed E-state index contributed by atoms with van der Waals surface area (Å²) in [6, 6.07) is 0.